The van der Waals surface area contributed by atoms with Gasteiger partial charge in [-0.05, 0) is 52.3 Å². The van der Waals surface area contributed by atoms with Crippen LogP contribution in [0.4, 0.5) is 14.0 Å². The number of piperazine rings is 1. The van der Waals surface area contributed by atoms with Crippen molar-refractivity contribution in [2.75, 3.05) is 39.3 Å². The topological polar surface area (TPSA) is 94.2 Å². The number of nitrogens with zero attached hydrogens (tertiary/aromatic N) is 3. The fourth-order valence-corrected chi connectivity index (χ4v) is 4.61. The minimum atomic E-state index is -0.828. The maximum Gasteiger partial charge on any atom is 0.338 e. The van der Waals surface area contributed by atoms with Crippen molar-refractivity contribution >= 4 is 18.0 Å². The fraction of sp³-hybridized carbons (Fsp3) is 0.560. The van der Waals surface area contributed by atoms with Crippen molar-refractivity contribution in [2.45, 2.75) is 52.7 Å². The third kappa shape index (κ3) is 6.11. The molecule has 10 heteroatoms. The molecule has 35 heavy (non-hydrogen) atoms. The molecule has 3 rings (SSSR count). The molecule has 4 amide bonds. The van der Waals surface area contributed by atoms with E-state index in [2.05, 4.69) is 15.5 Å². The van der Waals surface area contributed by atoms with E-state index in [-0.39, 0.29) is 30.8 Å². The average molecular weight is 490 g/mol. The van der Waals surface area contributed by atoms with Gasteiger partial charge >= 0.3 is 18.0 Å². The number of amides is 4. The van der Waals surface area contributed by atoms with Crippen LogP contribution in [0.2, 0.25) is 0 Å². The van der Waals surface area contributed by atoms with Crippen molar-refractivity contribution < 1.29 is 23.5 Å². The Bertz CT molecular complexity index is 982. The maximum absolute atomic E-state index is 14.0. The van der Waals surface area contributed by atoms with Gasteiger partial charge < -0.3 is 20.3 Å². The van der Waals surface area contributed by atoms with Gasteiger partial charge in [0.2, 0.25) is 0 Å². The molecule has 192 valence electrons. The Hall–Kier alpha value is -3.14. The lowest BCUT2D eigenvalue weighted by atomic mass is 9.94. The molecule has 2 aliphatic rings. The molecule has 0 radical (unpaired) electrons. The Morgan fingerprint density at radius 1 is 1.26 bits per heavy atom. The number of halogens is 1. The van der Waals surface area contributed by atoms with E-state index in [1.54, 1.807) is 24.0 Å². The van der Waals surface area contributed by atoms with Crippen LogP contribution in [0.5, 0.6) is 0 Å². The number of urea groups is 2. The highest BCUT2D eigenvalue weighted by molar-refractivity contribution is 5.95. The van der Waals surface area contributed by atoms with Gasteiger partial charge in [-0.15, -0.1) is 0 Å². The number of carbonyl (C=O) groups excluding carboxylic acids is 3. The fourth-order valence-electron chi connectivity index (χ4n) is 4.61. The highest BCUT2D eigenvalue weighted by Gasteiger charge is 2.39. The van der Waals surface area contributed by atoms with Crippen LogP contribution in [0.15, 0.2) is 35.5 Å². The van der Waals surface area contributed by atoms with Gasteiger partial charge in [-0.3, -0.25) is 9.80 Å². The van der Waals surface area contributed by atoms with Crippen LogP contribution < -0.4 is 10.6 Å². The second-order valence-corrected chi connectivity index (χ2v) is 9.14. The Morgan fingerprint density at radius 3 is 2.60 bits per heavy atom. The number of hydrogen-bond donors (Lipinski definition) is 2. The van der Waals surface area contributed by atoms with E-state index >= 15 is 0 Å². The lowest BCUT2D eigenvalue weighted by Crippen LogP contribution is -2.58. The molecule has 2 atom stereocenters. The standard InChI is InChI=1S/C25H36FN5O4/c1-6-30-20(15-29-11-12-31(17(5)14-29)24(33)27-16(3)4)21(23(32)35-7-2)22(28-25(30)34)18-9-8-10-19(26)13-18/h8-10,13,16-17,22H,6-7,11-12,14-15H2,1-5H3,(H,27,33)(H,28,34)/t17-,22+/m0/s1. The first-order valence-corrected chi connectivity index (χ1v) is 12.2. The molecule has 0 saturated carbocycles. The van der Waals surface area contributed by atoms with Crippen LogP contribution >= 0.6 is 0 Å². The zero-order valence-corrected chi connectivity index (χ0v) is 21.1. The quantitative estimate of drug-likeness (QED) is 0.575. The van der Waals surface area contributed by atoms with Crippen LogP contribution in [0.25, 0.3) is 0 Å². The first kappa shape index (κ1) is 26.5. The van der Waals surface area contributed by atoms with Gasteiger partial charge in [0.05, 0.1) is 18.2 Å². The summed E-state index contributed by atoms with van der Waals surface area (Å²) in [6.45, 7) is 11.9. The zero-order chi connectivity index (χ0) is 25.7. The van der Waals surface area contributed by atoms with Crippen molar-refractivity contribution in [3.63, 3.8) is 0 Å². The molecular formula is C25H36FN5O4. The summed E-state index contributed by atoms with van der Waals surface area (Å²) in [6.07, 6.45) is 0. The number of esters is 1. The summed E-state index contributed by atoms with van der Waals surface area (Å²) in [6, 6.07) is 4.57. The molecule has 1 aromatic rings. The smallest absolute Gasteiger partial charge is 0.338 e. The molecule has 1 aromatic carbocycles. The van der Waals surface area contributed by atoms with Crippen LogP contribution in [-0.4, -0.2) is 84.1 Å². The Kier molecular flexibility index (Phi) is 8.71. The number of carbonyl (C=O) groups is 3. The minimum Gasteiger partial charge on any atom is -0.463 e. The van der Waals surface area contributed by atoms with Crippen LogP contribution in [0.3, 0.4) is 0 Å². The van der Waals surface area contributed by atoms with Gasteiger partial charge in [-0.2, -0.15) is 0 Å². The van der Waals surface area contributed by atoms with Gasteiger partial charge in [-0.1, -0.05) is 12.1 Å². The zero-order valence-electron chi connectivity index (χ0n) is 21.1. The Balaban J connectivity index is 1.94. The normalized spacial score (nSPS) is 21.3. The van der Waals surface area contributed by atoms with Gasteiger partial charge in [0.1, 0.15) is 5.82 Å². The number of rotatable bonds is 7. The summed E-state index contributed by atoms with van der Waals surface area (Å²) in [7, 11) is 0. The van der Waals surface area contributed by atoms with E-state index in [0.29, 0.717) is 49.6 Å². The van der Waals surface area contributed by atoms with E-state index in [1.165, 1.54) is 17.0 Å². The molecule has 0 aliphatic carbocycles. The summed E-state index contributed by atoms with van der Waals surface area (Å²) in [5, 5.41) is 5.78. The van der Waals surface area contributed by atoms with E-state index < -0.39 is 17.8 Å². The van der Waals surface area contributed by atoms with E-state index in [1.807, 2.05) is 27.7 Å². The lowest BCUT2D eigenvalue weighted by Gasteiger charge is -2.43. The number of hydrogen-bond acceptors (Lipinski definition) is 5. The Morgan fingerprint density at radius 2 is 2.00 bits per heavy atom. The number of likely N-dealkylation sites (N-methyl/N-ethyl adjacent to an activating group) is 1. The molecule has 1 saturated heterocycles. The average Bonchev–Trinajstić information content (AvgIpc) is 2.78. The number of ether oxygens (including phenoxy) is 1. The van der Waals surface area contributed by atoms with Crippen molar-refractivity contribution in [3.05, 3.63) is 46.9 Å². The molecule has 1 fully saturated rings. The predicted molar refractivity (Wildman–Crippen MR) is 130 cm³/mol. The molecular weight excluding hydrogens is 453 g/mol. The summed E-state index contributed by atoms with van der Waals surface area (Å²) in [5.74, 6) is -0.998. The van der Waals surface area contributed by atoms with E-state index in [0.717, 1.165) is 0 Å². The molecule has 2 heterocycles. The van der Waals surface area contributed by atoms with Crippen LogP contribution in [0.1, 0.15) is 46.2 Å². The molecule has 0 unspecified atom stereocenters. The summed E-state index contributed by atoms with van der Waals surface area (Å²) < 4.78 is 19.4. The van der Waals surface area contributed by atoms with Crippen molar-refractivity contribution in [3.8, 4) is 0 Å². The molecule has 0 aromatic heterocycles. The summed E-state index contributed by atoms with van der Waals surface area (Å²) in [4.78, 5) is 44.2. The first-order valence-electron chi connectivity index (χ1n) is 12.2. The van der Waals surface area contributed by atoms with Gasteiger partial charge in [-0.25, -0.2) is 18.8 Å². The monoisotopic (exact) mass is 489 g/mol. The van der Waals surface area contributed by atoms with Crippen molar-refractivity contribution in [1.29, 1.82) is 0 Å². The van der Waals surface area contributed by atoms with Gasteiger partial charge in [0, 0.05) is 50.5 Å². The van der Waals surface area contributed by atoms with Gasteiger partial charge in [0.15, 0.2) is 0 Å². The lowest BCUT2D eigenvalue weighted by molar-refractivity contribution is -0.139. The van der Waals surface area contributed by atoms with Crippen LogP contribution in [0, 0.1) is 5.82 Å². The van der Waals surface area contributed by atoms with Gasteiger partial charge in [0.25, 0.3) is 0 Å². The minimum absolute atomic E-state index is 0.0450. The number of nitrogens with one attached hydrogen (secondary N) is 2. The second kappa shape index (κ2) is 11.5. The van der Waals surface area contributed by atoms with Crippen molar-refractivity contribution in [2.24, 2.45) is 0 Å². The summed E-state index contributed by atoms with van der Waals surface area (Å²) in [5.41, 5.74) is 1.31. The molecule has 2 aliphatic heterocycles. The molecule has 0 bridgehead atoms. The molecule has 2 N–H and O–H groups in total. The third-order valence-electron chi connectivity index (χ3n) is 6.19. The van der Waals surface area contributed by atoms with E-state index in [9.17, 15) is 18.8 Å². The van der Waals surface area contributed by atoms with Crippen LogP contribution in [-0.2, 0) is 9.53 Å². The van der Waals surface area contributed by atoms with Crippen molar-refractivity contribution in [1.82, 2.24) is 25.3 Å². The first-order chi connectivity index (χ1) is 16.7. The highest BCUT2D eigenvalue weighted by Crippen LogP contribution is 2.32. The summed E-state index contributed by atoms with van der Waals surface area (Å²) >= 11 is 0. The van der Waals surface area contributed by atoms with E-state index in [4.69, 9.17) is 4.74 Å². The Labute approximate surface area is 206 Å². The SMILES string of the molecule is CCOC(=O)C1=C(CN2CCN(C(=O)NC(C)C)[C@@H](C)C2)N(CC)C(=O)N[C@@H]1c1cccc(F)c1. The largest absolute Gasteiger partial charge is 0.463 e. The second-order valence-electron chi connectivity index (χ2n) is 9.14. The maximum atomic E-state index is 14.0. The highest BCUT2D eigenvalue weighted by atomic mass is 19.1. The third-order valence-corrected chi connectivity index (χ3v) is 6.19. The predicted octanol–water partition coefficient (Wildman–Crippen LogP) is 2.85. The number of benzene rings is 1. The molecule has 9 nitrogen and oxygen atoms in total. The molecule has 0 spiro atoms.